The van der Waals surface area contributed by atoms with Crippen molar-refractivity contribution in [3.05, 3.63) is 47.5 Å². The number of rotatable bonds is 8. The van der Waals surface area contributed by atoms with Crippen molar-refractivity contribution in [2.45, 2.75) is 39.0 Å². The molecule has 0 aromatic heterocycles. The Balaban J connectivity index is 1.86. The van der Waals surface area contributed by atoms with E-state index in [9.17, 15) is 0 Å². The average molecular weight is 342 g/mol. The smallest absolute Gasteiger partial charge is 0.231 e. The molecule has 4 nitrogen and oxygen atoms in total. The van der Waals surface area contributed by atoms with E-state index >= 15 is 0 Å². The zero-order valence-corrected chi connectivity index (χ0v) is 15.2. The van der Waals surface area contributed by atoms with Gasteiger partial charge in [-0.05, 0) is 30.2 Å². The Kier molecular flexibility index (Phi) is 5.69. The molecule has 0 radical (unpaired) electrons. The molecule has 0 N–H and O–H groups in total. The molecule has 1 heterocycles. The number of benzene rings is 2. The normalized spacial score (nSPS) is 13.6. The number of unbranched alkanes of at least 4 members (excludes halogenated alkanes) is 2. The summed E-state index contributed by atoms with van der Waals surface area (Å²) in [5.41, 5.74) is 2.32. The zero-order chi connectivity index (χ0) is 17.6. The molecule has 2 aromatic carbocycles. The van der Waals surface area contributed by atoms with Gasteiger partial charge in [0.25, 0.3) is 0 Å². The molecule has 25 heavy (non-hydrogen) atoms. The molecule has 1 aliphatic rings. The first-order valence-electron chi connectivity index (χ1n) is 8.93. The molecular weight excluding hydrogens is 316 g/mol. The van der Waals surface area contributed by atoms with Crippen LogP contribution in [-0.2, 0) is 0 Å². The van der Waals surface area contributed by atoms with Gasteiger partial charge in [0.05, 0.1) is 13.7 Å². The minimum Gasteiger partial charge on any atom is -0.497 e. The number of ether oxygens (including phenoxy) is 4. The molecule has 0 fully saturated rings. The van der Waals surface area contributed by atoms with Gasteiger partial charge in [-0.1, -0.05) is 38.8 Å². The maximum atomic E-state index is 6.09. The quantitative estimate of drug-likeness (QED) is 0.622. The molecule has 1 atom stereocenters. The molecular formula is C21H26O4. The van der Waals surface area contributed by atoms with E-state index in [0.717, 1.165) is 41.6 Å². The summed E-state index contributed by atoms with van der Waals surface area (Å²) in [6.45, 7) is 5.36. The van der Waals surface area contributed by atoms with Crippen molar-refractivity contribution in [2.75, 3.05) is 20.5 Å². The molecule has 0 saturated heterocycles. The lowest BCUT2D eigenvalue weighted by Gasteiger charge is -2.18. The Morgan fingerprint density at radius 1 is 1.04 bits per heavy atom. The summed E-state index contributed by atoms with van der Waals surface area (Å²) in [6, 6.07) is 12.2. The highest BCUT2D eigenvalue weighted by atomic mass is 16.7. The Labute approximate surface area is 149 Å². The van der Waals surface area contributed by atoms with E-state index in [4.69, 9.17) is 18.9 Å². The highest BCUT2D eigenvalue weighted by Crippen LogP contribution is 2.42. The Bertz CT molecular complexity index is 694. The monoisotopic (exact) mass is 342 g/mol. The lowest BCUT2D eigenvalue weighted by molar-refractivity contribution is 0.173. The third kappa shape index (κ3) is 4.01. The summed E-state index contributed by atoms with van der Waals surface area (Å²) in [5.74, 6) is 3.47. The molecule has 3 rings (SSSR count). The Hall–Kier alpha value is -2.36. The van der Waals surface area contributed by atoms with E-state index in [-0.39, 0.29) is 12.7 Å². The van der Waals surface area contributed by atoms with Crippen molar-refractivity contribution >= 4 is 0 Å². The van der Waals surface area contributed by atoms with Crippen LogP contribution in [0, 0.1) is 0 Å². The second-order valence-corrected chi connectivity index (χ2v) is 6.29. The first-order chi connectivity index (χ1) is 12.2. The van der Waals surface area contributed by atoms with Gasteiger partial charge in [0.1, 0.15) is 11.5 Å². The van der Waals surface area contributed by atoms with Gasteiger partial charge in [0, 0.05) is 17.5 Å². The van der Waals surface area contributed by atoms with E-state index < -0.39 is 0 Å². The van der Waals surface area contributed by atoms with Crippen LogP contribution in [0.5, 0.6) is 23.0 Å². The zero-order valence-electron chi connectivity index (χ0n) is 15.2. The van der Waals surface area contributed by atoms with Crippen LogP contribution in [0.25, 0.3) is 0 Å². The maximum Gasteiger partial charge on any atom is 0.231 e. The summed E-state index contributed by atoms with van der Waals surface area (Å²) in [7, 11) is 1.68. The Morgan fingerprint density at radius 2 is 1.76 bits per heavy atom. The molecule has 1 aliphatic heterocycles. The standard InChI is InChI=1S/C21H26O4/c1-4-5-6-11-23-19-13-21-20(24-14-25-21)12-18(19)15(2)16-7-9-17(22-3)10-8-16/h7-10,12-13,15H,4-6,11,14H2,1-3H3/t15-/m0/s1. The number of fused-ring (bicyclic) bond motifs is 1. The van der Waals surface area contributed by atoms with Crippen molar-refractivity contribution in [3.8, 4) is 23.0 Å². The minimum absolute atomic E-state index is 0.182. The predicted octanol–water partition coefficient (Wildman–Crippen LogP) is 5.14. The van der Waals surface area contributed by atoms with Crippen LogP contribution >= 0.6 is 0 Å². The number of methoxy groups -OCH3 is 1. The van der Waals surface area contributed by atoms with Crippen LogP contribution in [0.1, 0.15) is 50.2 Å². The van der Waals surface area contributed by atoms with Gasteiger partial charge in [-0.2, -0.15) is 0 Å². The van der Waals surface area contributed by atoms with Crippen LogP contribution in [0.2, 0.25) is 0 Å². The summed E-state index contributed by atoms with van der Waals surface area (Å²) < 4.78 is 22.4. The van der Waals surface area contributed by atoms with E-state index in [2.05, 4.69) is 26.0 Å². The van der Waals surface area contributed by atoms with E-state index in [1.54, 1.807) is 7.11 Å². The first-order valence-corrected chi connectivity index (χ1v) is 8.93. The topological polar surface area (TPSA) is 36.9 Å². The van der Waals surface area contributed by atoms with Gasteiger partial charge < -0.3 is 18.9 Å². The fourth-order valence-corrected chi connectivity index (χ4v) is 3.01. The minimum atomic E-state index is 0.182. The molecule has 0 spiro atoms. The Morgan fingerprint density at radius 3 is 2.44 bits per heavy atom. The van der Waals surface area contributed by atoms with Crippen molar-refractivity contribution in [3.63, 3.8) is 0 Å². The van der Waals surface area contributed by atoms with Gasteiger partial charge in [0.15, 0.2) is 11.5 Å². The second kappa shape index (κ2) is 8.15. The fourth-order valence-electron chi connectivity index (χ4n) is 3.01. The van der Waals surface area contributed by atoms with Crippen molar-refractivity contribution in [2.24, 2.45) is 0 Å². The van der Waals surface area contributed by atoms with Crippen molar-refractivity contribution in [1.29, 1.82) is 0 Å². The summed E-state index contributed by atoms with van der Waals surface area (Å²) in [6.07, 6.45) is 3.41. The summed E-state index contributed by atoms with van der Waals surface area (Å²) in [4.78, 5) is 0. The lowest BCUT2D eigenvalue weighted by atomic mass is 9.92. The molecule has 0 unspecified atom stereocenters. The number of hydrogen-bond donors (Lipinski definition) is 0. The van der Waals surface area contributed by atoms with Gasteiger partial charge in [0.2, 0.25) is 6.79 Å². The van der Waals surface area contributed by atoms with E-state index in [1.807, 2.05) is 24.3 Å². The van der Waals surface area contributed by atoms with E-state index in [0.29, 0.717) is 0 Å². The maximum absolute atomic E-state index is 6.09. The van der Waals surface area contributed by atoms with E-state index in [1.165, 1.54) is 18.4 Å². The summed E-state index contributed by atoms with van der Waals surface area (Å²) in [5, 5.41) is 0. The van der Waals surface area contributed by atoms with Crippen LogP contribution in [0.3, 0.4) is 0 Å². The van der Waals surface area contributed by atoms with Gasteiger partial charge in [-0.25, -0.2) is 0 Å². The summed E-state index contributed by atoms with van der Waals surface area (Å²) >= 11 is 0. The van der Waals surface area contributed by atoms with Crippen molar-refractivity contribution in [1.82, 2.24) is 0 Å². The largest absolute Gasteiger partial charge is 0.497 e. The highest BCUT2D eigenvalue weighted by Gasteiger charge is 2.22. The van der Waals surface area contributed by atoms with Crippen LogP contribution in [0.15, 0.2) is 36.4 Å². The molecule has 4 heteroatoms. The van der Waals surface area contributed by atoms with Gasteiger partial charge in [-0.15, -0.1) is 0 Å². The SMILES string of the molecule is CCCCCOc1cc2c(cc1[C@@H](C)c1ccc(OC)cc1)OCO2. The molecule has 2 aromatic rings. The molecule has 134 valence electrons. The molecule has 0 amide bonds. The van der Waals surface area contributed by atoms with Crippen molar-refractivity contribution < 1.29 is 18.9 Å². The number of hydrogen-bond acceptors (Lipinski definition) is 4. The van der Waals surface area contributed by atoms with Crippen LogP contribution < -0.4 is 18.9 Å². The molecule has 0 bridgehead atoms. The fraction of sp³-hybridized carbons (Fsp3) is 0.429. The lowest BCUT2D eigenvalue weighted by Crippen LogP contribution is -2.04. The highest BCUT2D eigenvalue weighted by molar-refractivity contribution is 5.54. The van der Waals surface area contributed by atoms with Gasteiger partial charge >= 0.3 is 0 Å². The molecule has 0 aliphatic carbocycles. The second-order valence-electron chi connectivity index (χ2n) is 6.29. The average Bonchev–Trinajstić information content (AvgIpc) is 3.11. The van der Waals surface area contributed by atoms with Crippen LogP contribution in [-0.4, -0.2) is 20.5 Å². The third-order valence-corrected chi connectivity index (χ3v) is 4.59. The van der Waals surface area contributed by atoms with Crippen LogP contribution in [0.4, 0.5) is 0 Å². The van der Waals surface area contributed by atoms with Gasteiger partial charge in [-0.3, -0.25) is 0 Å². The predicted molar refractivity (Wildman–Crippen MR) is 98.1 cm³/mol. The third-order valence-electron chi connectivity index (χ3n) is 4.59. The molecule has 0 saturated carbocycles. The first kappa shape index (κ1) is 17.5.